The zero-order valence-electron chi connectivity index (χ0n) is 14.8. The smallest absolute Gasteiger partial charge is 0.231 e. The normalized spacial score (nSPS) is 31.9. The van der Waals surface area contributed by atoms with Crippen LogP contribution in [0.25, 0.3) is 0 Å². The Labute approximate surface area is 155 Å². The number of hydroxylamine groups is 3. The fourth-order valence-corrected chi connectivity index (χ4v) is 5.15. The van der Waals surface area contributed by atoms with Gasteiger partial charge in [-0.1, -0.05) is 6.07 Å². The molecule has 3 heterocycles. The maximum atomic E-state index is 13.7. The molecule has 0 saturated carbocycles. The first-order valence-electron chi connectivity index (χ1n) is 9.11. The van der Waals surface area contributed by atoms with Crippen LogP contribution in [-0.4, -0.2) is 36.5 Å². The van der Waals surface area contributed by atoms with Gasteiger partial charge >= 0.3 is 0 Å². The van der Waals surface area contributed by atoms with E-state index in [1.165, 1.54) is 0 Å². The Morgan fingerprint density at radius 3 is 2.59 bits per heavy atom. The summed E-state index contributed by atoms with van der Waals surface area (Å²) in [6, 6.07) is 7.27. The highest BCUT2D eigenvalue weighted by Gasteiger charge is 2.50. The van der Waals surface area contributed by atoms with Crippen molar-refractivity contribution < 1.29 is 28.7 Å². The van der Waals surface area contributed by atoms with Gasteiger partial charge in [-0.25, -0.2) is 0 Å². The molecule has 7 heteroatoms. The van der Waals surface area contributed by atoms with E-state index in [9.17, 15) is 10.3 Å². The average molecular weight is 369 g/mol. The van der Waals surface area contributed by atoms with Crippen LogP contribution < -0.4 is 18.9 Å². The number of likely N-dealkylation sites (N-methyl/N-ethyl adjacent to an activating group) is 1. The zero-order valence-corrected chi connectivity index (χ0v) is 14.8. The highest BCUT2D eigenvalue weighted by atomic mass is 16.7. The van der Waals surface area contributed by atoms with Gasteiger partial charge in [-0.05, 0) is 35.7 Å². The zero-order chi connectivity index (χ0) is 18.3. The number of aliphatic hydroxyl groups excluding tert-OH is 1. The summed E-state index contributed by atoms with van der Waals surface area (Å²) >= 11 is 0. The average Bonchev–Trinajstić information content (AvgIpc) is 3.27. The fraction of sp³-hybridized carbons (Fsp3) is 0.400. The van der Waals surface area contributed by atoms with Crippen molar-refractivity contribution in [3.05, 3.63) is 51.7 Å². The van der Waals surface area contributed by atoms with E-state index in [1.54, 1.807) is 7.05 Å². The number of hydrogen-bond acceptors (Lipinski definition) is 6. The molecule has 140 valence electrons. The van der Waals surface area contributed by atoms with Gasteiger partial charge in [0.05, 0.1) is 24.6 Å². The lowest BCUT2D eigenvalue weighted by Gasteiger charge is -2.55. The Morgan fingerprint density at radius 1 is 1.00 bits per heavy atom. The standard InChI is InChI=1S/C20H19NO6/c1-21(23)7-13-11(2-3-15-20(13)27-9-24-15)18-14(22)4-10-5-16-17(26-8-25-16)6-12(10)19(18)21/h2-3,5-6,14,18-19,22H,4,7-9H2,1H3/t14-,18-,19+,21?/m0/s1. The number of fused-ring (bicyclic) bond motifs is 8. The summed E-state index contributed by atoms with van der Waals surface area (Å²) in [5.74, 6) is 2.36. The van der Waals surface area contributed by atoms with Crippen molar-refractivity contribution in [2.45, 2.75) is 31.0 Å². The minimum atomic E-state index is -0.659. The van der Waals surface area contributed by atoms with Crippen molar-refractivity contribution in [3.8, 4) is 23.0 Å². The molecule has 0 spiro atoms. The van der Waals surface area contributed by atoms with E-state index in [0.717, 1.165) is 22.3 Å². The Kier molecular flexibility index (Phi) is 2.92. The first-order valence-corrected chi connectivity index (χ1v) is 9.11. The predicted molar refractivity (Wildman–Crippen MR) is 93.6 cm³/mol. The Morgan fingerprint density at radius 2 is 1.74 bits per heavy atom. The second-order valence-corrected chi connectivity index (χ2v) is 7.85. The molecule has 4 atom stereocenters. The van der Waals surface area contributed by atoms with Crippen LogP contribution in [0.3, 0.4) is 0 Å². The molecule has 1 aliphatic carbocycles. The molecule has 0 aromatic heterocycles. The molecule has 0 amide bonds. The van der Waals surface area contributed by atoms with Crippen LogP contribution in [0.2, 0.25) is 0 Å². The van der Waals surface area contributed by atoms with Crippen LogP contribution in [-0.2, 0) is 13.0 Å². The second-order valence-electron chi connectivity index (χ2n) is 7.85. The van der Waals surface area contributed by atoms with Gasteiger partial charge in [-0.3, -0.25) is 0 Å². The van der Waals surface area contributed by atoms with Gasteiger partial charge in [0, 0.05) is 5.56 Å². The van der Waals surface area contributed by atoms with Crippen molar-refractivity contribution in [2.75, 3.05) is 20.6 Å². The number of nitrogens with zero attached hydrogens (tertiary/aromatic N) is 1. The van der Waals surface area contributed by atoms with E-state index in [0.29, 0.717) is 29.4 Å². The summed E-state index contributed by atoms with van der Waals surface area (Å²) in [6.07, 6.45) is -0.185. The monoisotopic (exact) mass is 369 g/mol. The molecular weight excluding hydrogens is 350 g/mol. The SMILES string of the molecule is C[N+]1([O-])Cc2c(ccc3c2OCO3)[C@@H]2[C@H]1c1cc3c(cc1C[C@@H]2O)OCO3. The molecule has 2 aromatic rings. The lowest BCUT2D eigenvalue weighted by atomic mass is 9.70. The van der Waals surface area contributed by atoms with Gasteiger partial charge in [-0.2, -0.15) is 0 Å². The topological polar surface area (TPSA) is 80.2 Å². The number of quaternary nitrogens is 1. The minimum Gasteiger partial charge on any atom is -0.632 e. The largest absolute Gasteiger partial charge is 0.632 e. The molecule has 3 aliphatic heterocycles. The van der Waals surface area contributed by atoms with Crippen LogP contribution in [0, 0.1) is 5.21 Å². The van der Waals surface area contributed by atoms with Crippen LogP contribution >= 0.6 is 0 Å². The molecule has 0 saturated heterocycles. The molecule has 27 heavy (non-hydrogen) atoms. The van der Waals surface area contributed by atoms with Gasteiger partial charge in [0.1, 0.15) is 12.6 Å². The molecule has 6 rings (SSSR count). The molecule has 1 N–H and O–H groups in total. The van der Waals surface area contributed by atoms with Crippen molar-refractivity contribution in [1.82, 2.24) is 0 Å². The Balaban J connectivity index is 1.57. The highest BCUT2D eigenvalue weighted by molar-refractivity contribution is 5.57. The van der Waals surface area contributed by atoms with Gasteiger partial charge in [-0.15, -0.1) is 0 Å². The molecule has 4 aliphatic rings. The van der Waals surface area contributed by atoms with E-state index in [-0.39, 0.29) is 26.0 Å². The van der Waals surface area contributed by atoms with Crippen molar-refractivity contribution in [1.29, 1.82) is 0 Å². The number of hydrogen-bond donors (Lipinski definition) is 1. The van der Waals surface area contributed by atoms with Crippen LogP contribution in [0.15, 0.2) is 24.3 Å². The molecule has 0 fully saturated rings. The van der Waals surface area contributed by atoms with E-state index < -0.39 is 16.8 Å². The fourth-order valence-electron chi connectivity index (χ4n) is 5.15. The third-order valence-corrected chi connectivity index (χ3v) is 6.23. The minimum absolute atomic E-state index is 0.164. The predicted octanol–water partition coefficient (Wildman–Crippen LogP) is 2.34. The van der Waals surface area contributed by atoms with E-state index >= 15 is 0 Å². The number of aliphatic hydroxyl groups is 1. The molecular formula is C20H19NO6. The summed E-state index contributed by atoms with van der Waals surface area (Å²) in [6.45, 7) is 0.617. The summed E-state index contributed by atoms with van der Waals surface area (Å²) in [7, 11) is 1.67. The third kappa shape index (κ3) is 2.02. The van der Waals surface area contributed by atoms with E-state index in [1.807, 2.05) is 24.3 Å². The van der Waals surface area contributed by atoms with E-state index in [2.05, 4.69) is 0 Å². The maximum Gasteiger partial charge on any atom is 0.231 e. The van der Waals surface area contributed by atoms with Gasteiger partial charge in [0.2, 0.25) is 13.6 Å². The first-order chi connectivity index (χ1) is 13.0. The van der Waals surface area contributed by atoms with Crippen molar-refractivity contribution >= 4 is 0 Å². The summed E-state index contributed by atoms with van der Waals surface area (Å²) < 4.78 is 21.6. The first kappa shape index (κ1) is 15.6. The van der Waals surface area contributed by atoms with E-state index in [4.69, 9.17) is 18.9 Å². The molecule has 0 radical (unpaired) electrons. The Bertz CT molecular complexity index is 971. The lowest BCUT2D eigenvalue weighted by Crippen LogP contribution is -2.52. The van der Waals surface area contributed by atoms with Crippen molar-refractivity contribution in [2.24, 2.45) is 0 Å². The lowest BCUT2D eigenvalue weighted by molar-refractivity contribution is -0.911. The van der Waals surface area contributed by atoms with Crippen LogP contribution in [0.5, 0.6) is 23.0 Å². The Hall–Kier alpha value is -2.48. The number of rotatable bonds is 0. The molecule has 0 bridgehead atoms. The molecule has 7 nitrogen and oxygen atoms in total. The second kappa shape index (κ2) is 5.07. The van der Waals surface area contributed by atoms with Gasteiger partial charge in [0.25, 0.3) is 0 Å². The third-order valence-electron chi connectivity index (χ3n) is 6.23. The van der Waals surface area contributed by atoms with Crippen LogP contribution in [0.4, 0.5) is 0 Å². The summed E-state index contributed by atoms with van der Waals surface area (Å²) in [5.41, 5.74) is 3.73. The highest BCUT2D eigenvalue weighted by Crippen LogP contribution is 2.56. The van der Waals surface area contributed by atoms with Crippen molar-refractivity contribution in [3.63, 3.8) is 0 Å². The molecule has 1 unspecified atom stereocenters. The maximum absolute atomic E-state index is 13.7. The number of benzene rings is 2. The van der Waals surface area contributed by atoms with Gasteiger partial charge < -0.3 is 33.9 Å². The molecule has 2 aromatic carbocycles. The quantitative estimate of drug-likeness (QED) is 0.567. The van der Waals surface area contributed by atoms with Crippen LogP contribution in [0.1, 0.15) is 34.2 Å². The summed E-state index contributed by atoms with van der Waals surface area (Å²) in [4.78, 5) is 0. The number of ether oxygens (including phenoxy) is 4. The summed E-state index contributed by atoms with van der Waals surface area (Å²) in [5, 5.41) is 24.8. The van der Waals surface area contributed by atoms with Gasteiger partial charge in [0.15, 0.2) is 23.0 Å².